The Kier molecular flexibility index (Phi) is 5.92. The van der Waals surface area contributed by atoms with Crippen LogP contribution in [0.5, 0.6) is 0 Å². The number of hydrogen-bond acceptors (Lipinski definition) is 3. The molecule has 1 N–H and O–H groups in total. The van der Waals surface area contributed by atoms with Crippen molar-refractivity contribution in [1.82, 2.24) is 20.0 Å². The third-order valence-corrected chi connectivity index (χ3v) is 4.62. The van der Waals surface area contributed by atoms with Crippen molar-refractivity contribution >= 4 is 41.5 Å². The van der Waals surface area contributed by atoms with Crippen LogP contribution < -0.4 is 5.32 Å². The predicted octanol–water partition coefficient (Wildman–Crippen LogP) is 3.03. The molecule has 5 nitrogen and oxygen atoms in total. The minimum Gasteiger partial charge on any atom is -0.336 e. The van der Waals surface area contributed by atoms with E-state index in [4.69, 9.17) is 23.2 Å². The van der Waals surface area contributed by atoms with Crippen molar-refractivity contribution in [1.29, 1.82) is 0 Å². The smallest absolute Gasteiger partial charge is 0.274 e. The summed E-state index contributed by atoms with van der Waals surface area (Å²) >= 11 is 11.9. The van der Waals surface area contributed by atoms with Gasteiger partial charge in [0.05, 0.1) is 15.7 Å². The van der Waals surface area contributed by atoms with Gasteiger partial charge >= 0.3 is 0 Å². The number of carbonyl (C=O) groups excluding carboxylic acids is 1. The Morgan fingerprint density at radius 1 is 1.35 bits per heavy atom. The second kappa shape index (κ2) is 7.53. The van der Waals surface area contributed by atoms with Gasteiger partial charge in [0.1, 0.15) is 0 Å². The highest BCUT2D eigenvalue weighted by atomic mass is 35.5. The first-order valence-electron chi connectivity index (χ1n) is 7.05. The SMILES string of the molecule is CN(C(=O)c1ccn(-c2ccc(Cl)c(Cl)c2)n1)C1CCNC1.Cl. The lowest BCUT2D eigenvalue weighted by molar-refractivity contribution is 0.0737. The van der Waals surface area contributed by atoms with E-state index >= 15 is 0 Å². The monoisotopic (exact) mass is 374 g/mol. The van der Waals surface area contributed by atoms with Crippen molar-refractivity contribution in [2.75, 3.05) is 20.1 Å². The minimum absolute atomic E-state index is 0. The molecule has 3 rings (SSSR count). The zero-order chi connectivity index (χ0) is 15.7. The number of amides is 1. The second-order valence-electron chi connectivity index (χ2n) is 5.31. The molecule has 2 aromatic rings. The highest BCUT2D eigenvalue weighted by molar-refractivity contribution is 6.42. The van der Waals surface area contributed by atoms with Crippen molar-refractivity contribution in [3.05, 3.63) is 46.2 Å². The summed E-state index contributed by atoms with van der Waals surface area (Å²) in [7, 11) is 1.82. The van der Waals surface area contributed by atoms with Gasteiger partial charge in [-0.3, -0.25) is 4.79 Å². The molecule has 0 radical (unpaired) electrons. The first-order valence-corrected chi connectivity index (χ1v) is 7.81. The van der Waals surface area contributed by atoms with Gasteiger partial charge in [0.2, 0.25) is 0 Å². The number of nitrogens with zero attached hydrogens (tertiary/aromatic N) is 3. The van der Waals surface area contributed by atoms with Gasteiger partial charge in [-0.1, -0.05) is 23.2 Å². The van der Waals surface area contributed by atoms with Crippen LogP contribution in [0.25, 0.3) is 5.69 Å². The van der Waals surface area contributed by atoms with E-state index in [2.05, 4.69) is 10.4 Å². The van der Waals surface area contributed by atoms with Crippen LogP contribution in [0.3, 0.4) is 0 Å². The van der Waals surface area contributed by atoms with E-state index in [-0.39, 0.29) is 24.4 Å². The molecule has 1 atom stereocenters. The molecule has 1 amide bonds. The molecule has 0 bridgehead atoms. The summed E-state index contributed by atoms with van der Waals surface area (Å²) in [6.07, 6.45) is 2.71. The summed E-state index contributed by atoms with van der Waals surface area (Å²) in [5.41, 5.74) is 1.18. The van der Waals surface area contributed by atoms with Crippen LogP contribution in [-0.4, -0.2) is 46.8 Å². The Morgan fingerprint density at radius 3 is 2.78 bits per heavy atom. The van der Waals surface area contributed by atoms with Crippen molar-refractivity contribution in [3.63, 3.8) is 0 Å². The molecule has 8 heteroatoms. The van der Waals surface area contributed by atoms with Crippen molar-refractivity contribution in [2.45, 2.75) is 12.5 Å². The fraction of sp³-hybridized carbons (Fsp3) is 0.333. The Hall–Kier alpha value is -1.27. The lowest BCUT2D eigenvalue weighted by Crippen LogP contribution is -2.38. The van der Waals surface area contributed by atoms with Gasteiger partial charge in [-0.15, -0.1) is 12.4 Å². The topological polar surface area (TPSA) is 50.2 Å². The number of likely N-dealkylation sites (N-methyl/N-ethyl adjacent to an activating group) is 1. The van der Waals surface area contributed by atoms with Crippen LogP contribution in [-0.2, 0) is 0 Å². The number of halogens is 3. The predicted molar refractivity (Wildman–Crippen MR) is 94.2 cm³/mol. The van der Waals surface area contributed by atoms with E-state index in [0.717, 1.165) is 25.2 Å². The number of benzene rings is 1. The molecule has 0 spiro atoms. The average molecular weight is 376 g/mol. The van der Waals surface area contributed by atoms with Gasteiger partial charge in [0, 0.05) is 25.8 Å². The molecule has 23 heavy (non-hydrogen) atoms. The normalized spacial score (nSPS) is 16.9. The summed E-state index contributed by atoms with van der Waals surface area (Å²) in [5, 5.41) is 8.55. The number of hydrogen-bond donors (Lipinski definition) is 1. The van der Waals surface area contributed by atoms with E-state index in [1.807, 2.05) is 7.05 Å². The molecule has 0 aliphatic carbocycles. The van der Waals surface area contributed by atoms with Gasteiger partial charge in [-0.05, 0) is 37.2 Å². The van der Waals surface area contributed by atoms with E-state index in [1.54, 1.807) is 40.0 Å². The Balaban J connectivity index is 0.00000192. The lowest BCUT2D eigenvalue weighted by atomic mass is 10.2. The third-order valence-electron chi connectivity index (χ3n) is 3.88. The van der Waals surface area contributed by atoms with Gasteiger partial charge in [0.25, 0.3) is 5.91 Å². The number of nitrogens with one attached hydrogen (secondary N) is 1. The number of rotatable bonds is 3. The highest BCUT2D eigenvalue weighted by Gasteiger charge is 2.25. The molecule has 1 aromatic carbocycles. The Morgan fingerprint density at radius 2 is 2.13 bits per heavy atom. The van der Waals surface area contributed by atoms with E-state index < -0.39 is 0 Å². The Bertz CT molecular complexity index is 698. The molecular weight excluding hydrogens is 359 g/mol. The van der Waals surface area contributed by atoms with Crippen molar-refractivity contribution in [2.24, 2.45) is 0 Å². The van der Waals surface area contributed by atoms with E-state index in [9.17, 15) is 4.79 Å². The highest BCUT2D eigenvalue weighted by Crippen LogP contribution is 2.24. The molecule has 1 fully saturated rings. The molecule has 1 saturated heterocycles. The number of carbonyl (C=O) groups is 1. The standard InChI is InChI=1S/C15H16Cl2N4O.ClH/c1-20(11-4-6-18-9-11)15(22)14-5-7-21(19-14)10-2-3-12(16)13(17)8-10;/h2-3,5,7-8,11,18H,4,6,9H2,1H3;1H. The largest absolute Gasteiger partial charge is 0.336 e. The van der Waals surface area contributed by atoms with Crippen molar-refractivity contribution < 1.29 is 4.79 Å². The molecule has 124 valence electrons. The molecule has 1 aromatic heterocycles. The summed E-state index contributed by atoms with van der Waals surface area (Å²) in [5.74, 6) is -0.0764. The maximum absolute atomic E-state index is 12.5. The zero-order valence-electron chi connectivity index (χ0n) is 12.5. The average Bonchev–Trinajstić information content (AvgIpc) is 3.19. The molecular formula is C15H17Cl3N4O. The quantitative estimate of drug-likeness (QED) is 0.897. The van der Waals surface area contributed by atoms with Crippen LogP contribution >= 0.6 is 35.6 Å². The van der Waals surface area contributed by atoms with Crippen LogP contribution in [0, 0.1) is 0 Å². The number of aromatic nitrogens is 2. The molecule has 0 saturated carbocycles. The van der Waals surface area contributed by atoms with Gasteiger partial charge < -0.3 is 10.2 Å². The summed E-state index contributed by atoms with van der Waals surface area (Å²) in [6.45, 7) is 1.77. The molecule has 1 unspecified atom stereocenters. The summed E-state index contributed by atoms with van der Waals surface area (Å²) < 4.78 is 1.62. The van der Waals surface area contributed by atoms with Gasteiger partial charge in [-0.25, -0.2) is 4.68 Å². The van der Waals surface area contributed by atoms with Crippen LogP contribution in [0.2, 0.25) is 10.0 Å². The maximum atomic E-state index is 12.5. The fourth-order valence-electron chi connectivity index (χ4n) is 2.53. The van der Waals surface area contributed by atoms with E-state index in [0.29, 0.717) is 15.7 Å². The molecule has 2 heterocycles. The Labute approximate surface area is 151 Å². The summed E-state index contributed by atoms with van der Waals surface area (Å²) in [6, 6.07) is 7.17. The first-order chi connectivity index (χ1) is 10.6. The van der Waals surface area contributed by atoms with Gasteiger partial charge in [0.15, 0.2) is 5.69 Å². The molecule has 1 aliphatic heterocycles. The van der Waals surface area contributed by atoms with Gasteiger partial charge in [-0.2, -0.15) is 5.10 Å². The minimum atomic E-state index is -0.0764. The molecule has 1 aliphatic rings. The van der Waals surface area contributed by atoms with Crippen LogP contribution in [0.1, 0.15) is 16.9 Å². The third kappa shape index (κ3) is 3.80. The summed E-state index contributed by atoms with van der Waals surface area (Å²) in [4.78, 5) is 14.2. The van der Waals surface area contributed by atoms with Crippen molar-refractivity contribution in [3.8, 4) is 5.69 Å². The van der Waals surface area contributed by atoms with Crippen LogP contribution in [0.15, 0.2) is 30.5 Å². The van der Waals surface area contributed by atoms with Crippen LogP contribution in [0.4, 0.5) is 0 Å². The maximum Gasteiger partial charge on any atom is 0.274 e. The van der Waals surface area contributed by atoms with E-state index in [1.165, 1.54) is 0 Å². The fourth-order valence-corrected chi connectivity index (χ4v) is 2.82. The second-order valence-corrected chi connectivity index (χ2v) is 6.12. The zero-order valence-corrected chi connectivity index (χ0v) is 14.8. The lowest BCUT2D eigenvalue weighted by Gasteiger charge is -2.22. The first kappa shape index (κ1) is 18.1.